The number of halogens is 1. The van der Waals surface area contributed by atoms with Crippen molar-refractivity contribution in [2.45, 2.75) is 6.10 Å². The SMILES string of the molecule is CN(C)c1ccc(/C=C/c2ccc(OCC(O)CF)cc2)cc1. The molecule has 0 fully saturated rings. The van der Waals surface area contributed by atoms with Gasteiger partial charge in [0.15, 0.2) is 0 Å². The predicted octanol–water partition coefficient (Wildman–Crippen LogP) is 3.63. The lowest BCUT2D eigenvalue weighted by molar-refractivity contribution is 0.0842. The number of anilines is 1. The first-order chi connectivity index (χ1) is 11.1. The van der Waals surface area contributed by atoms with Gasteiger partial charge in [0.05, 0.1) is 0 Å². The maximum absolute atomic E-state index is 12.1. The van der Waals surface area contributed by atoms with Crippen molar-refractivity contribution in [1.29, 1.82) is 0 Å². The van der Waals surface area contributed by atoms with E-state index in [9.17, 15) is 4.39 Å². The van der Waals surface area contributed by atoms with Gasteiger partial charge in [0, 0.05) is 19.8 Å². The van der Waals surface area contributed by atoms with Crippen LogP contribution in [0.25, 0.3) is 12.2 Å². The van der Waals surface area contributed by atoms with Crippen LogP contribution in [0.5, 0.6) is 5.75 Å². The lowest BCUT2D eigenvalue weighted by Gasteiger charge is -2.11. The molecule has 0 heterocycles. The molecule has 2 aromatic carbocycles. The monoisotopic (exact) mass is 315 g/mol. The third kappa shape index (κ3) is 5.42. The Bertz CT molecular complexity index is 621. The van der Waals surface area contributed by atoms with E-state index in [1.54, 1.807) is 12.1 Å². The van der Waals surface area contributed by atoms with Crippen molar-refractivity contribution in [2.75, 3.05) is 32.3 Å². The number of nitrogens with zero attached hydrogens (tertiary/aromatic N) is 1. The van der Waals surface area contributed by atoms with Crippen molar-refractivity contribution in [3.63, 3.8) is 0 Å². The number of alkyl halides is 1. The molecule has 0 aromatic heterocycles. The zero-order chi connectivity index (χ0) is 16.7. The van der Waals surface area contributed by atoms with Gasteiger partial charge in [0.1, 0.15) is 25.1 Å². The van der Waals surface area contributed by atoms with Crippen LogP contribution in [0.15, 0.2) is 48.5 Å². The van der Waals surface area contributed by atoms with Gasteiger partial charge in [-0.25, -0.2) is 4.39 Å². The Kier molecular flexibility index (Phi) is 6.18. The fourth-order valence-corrected chi connectivity index (χ4v) is 1.99. The molecule has 0 aliphatic rings. The van der Waals surface area contributed by atoms with E-state index in [-0.39, 0.29) is 6.61 Å². The molecule has 0 amide bonds. The van der Waals surface area contributed by atoms with Crippen LogP contribution in [-0.4, -0.2) is 38.6 Å². The Balaban J connectivity index is 1.94. The van der Waals surface area contributed by atoms with Crippen molar-refractivity contribution < 1.29 is 14.2 Å². The van der Waals surface area contributed by atoms with Crippen LogP contribution in [-0.2, 0) is 0 Å². The van der Waals surface area contributed by atoms with Gasteiger partial charge in [-0.3, -0.25) is 0 Å². The summed E-state index contributed by atoms with van der Waals surface area (Å²) in [4.78, 5) is 2.06. The number of rotatable bonds is 7. The number of hydrogen-bond donors (Lipinski definition) is 1. The average molecular weight is 315 g/mol. The quantitative estimate of drug-likeness (QED) is 0.792. The summed E-state index contributed by atoms with van der Waals surface area (Å²) in [5, 5.41) is 9.12. The molecule has 2 aromatic rings. The molecule has 0 aliphatic carbocycles. The van der Waals surface area contributed by atoms with E-state index in [0.29, 0.717) is 5.75 Å². The van der Waals surface area contributed by atoms with Crippen LogP contribution >= 0.6 is 0 Å². The van der Waals surface area contributed by atoms with E-state index < -0.39 is 12.8 Å². The Hall–Kier alpha value is -2.33. The third-order valence-electron chi connectivity index (χ3n) is 3.38. The van der Waals surface area contributed by atoms with E-state index >= 15 is 0 Å². The van der Waals surface area contributed by atoms with Crippen molar-refractivity contribution in [3.8, 4) is 5.75 Å². The summed E-state index contributed by atoms with van der Waals surface area (Å²) in [6.45, 7) is -0.836. The molecule has 0 saturated heterocycles. The van der Waals surface area contributed by atoms with Crippen molar-refractivity contribution in [1.82, 2.24) is 0 Å². The molecule has 0 spiro atoms. The number of aliphatic hydroxyl groups is 1. The van der Waals surface area contributed by atoms with E-state index in [1.807, 2.05) is 38.4 Å². The molecule has 1 atom stereocenters. The minimum Gasteiger partial charge on any atom is -0.491 e. The molecule has 3 nitrogen and oxygen atoms in total. The second kappa shape index (κ2) is 8.34. The smallest absolute Gasteiger partial charge is 0.119 e. The summed E-state index contributed by atoms with van der Waals surface area (Å²) in [6, 6.07) is 15.7. The fraction of sp³-hybridized carbons (Fsp3) is 0.263. The lowest BCUT2D eigenvalue weighted by atomic mass is 10.1. The molecule has 122 valence electrons. The summed E-state index contributed by atoms with van der Waals surface area (Å²) in [7, 11) is 4.03. The largest absolute Gasteiger partial charge is 0.491 e. The summed E-state index contributed by atoms with van der Waals surface area (Å²) in [6.07, 6.45) is 2.99. The van der Waals surface area contributed by atoms with E-state index in [0.717, 1.165) is 11.1 Å². The van der Waals surface area contributed by atoms with Gasteiger partial charge in [-0.15, -0.1) is 0 Å². The topological polar surface area (TPSA) is 32.7 Å². The molecule has 1 unspecified atom stereocenters. The first-order valence-electron chi connectivity index (χ1n) is 7.51. The van der Waals surface area contributed by atoms with Gasteiger partial charge in [-0.05, 0) is 35.4 Å². The zero-order valence-corrected chi connectivity index (χ0v) is 13.4. The van der Waals surface area contributed by atoms with Gasteiger partial charge in [-0.2, -0.15) is 0 Å². The Morgan fingerprint density at radius 3 is 2.00 bits per heavy atom. The van der Waals surface area contributed by atoms with Gasteiger partial charge in [0.2, 0.25) is 0 Å². The Morgan fingerprint density at radius 1 is 1.00 bits per heavy atom. The summed E-state index contributed by atoms with van der Waals surface area (Å²) < 4.78 is 17.4. The van der Waals surface area contributed by atoms with Gasteiger partial charge >= 0.3 is 0 Å². The summed E-state index contributed by atoms with van der Waals surface area (Å²) >= 11 is 0. The molecule has 0 saturated carbocycles. The molecular weight excluding hydrogens is 293 g/mol. The van der Waals surface area contributed by atoms with Crippen LogP contribution in [0.4, 0.5) is 10.1 Å². The third-order valence-corrected chi connectivity index (χ3v) is 3.38. The van der Waals surface area contributed by atoms with Crippen molar-refractivity contribution in [2.24, 2.45) is 0 Å². The van der Waals surface area contributed by atoms with Gasteiger partial charge in [-0.1, -0.05) is 36.4 Å². The second-order valence-electron chi connectivity index (χ2n) is 5.51. The maximum atomic E-state index is 12.1. The zero-order valence-electron chi connectivity index (χ0n) is 13.4. The molecule has 0 bridgehead atoms. The summed E-state index contributed by atoms with van der Waals surface area (Å²) in [5.74, 6) is 0.616. The molecular formula is C19H22FNO2. The first-order valence-corrected chi connectivity index (χ1v) is 7.51. The predicted molar refractivity (Wildman–Crippen MR) is 93.6 cm³/mol. The second-order valence-corrected chi connectivity index (χ2v) is 5.51. The van der Waals surface area contributed by atoms with Crippen LogP contribution in [0.2, 0.25) is 0 Å². The number of ether oxygens (including phenoxy) is 1. The minimum atomic E-state index is -1.07. The highest BCUT2D eigenvalue weighted by Gasteiger charge is 2.03. The summed E-state index contributed by atoms with van der Waals surface area (Å²) in [5.41, 5.74) is 3.33. The van der Waals surface area contributed by atoms with Gasteiger partial charge < -0.3 is 14.7 Å². The first kappa shape index (κ1) is 17.0. The molecule has 0 aliphatic heterocycles. The highest BCUT2D eigenvalue weighted by Crippen LogP contribution is 2.17. The highest BCUT2D eigenvalue weighted by molar-refractivity contribution is 5.70. The standard InChI is InChI=1S/C19H22FNO2/c1-21(2)17-9-5-15(6-10-17)3-4-16-7-11-19(12-8-16)23-14-18(22)13-20/h3-12,18,22H,13-14H2,1-2H3/b4-3+. The molecule has 0 radical (unpaired) electrons. The normalized spacial score (nSPS) is 12.3. The van der Waals surface area contributed by atoms with Crippen LogP contribution in [0.3, 0.4) is 0 Å². The molecule has 4 heteroatoms. The minimum absolute atomic E-state index is 0.0378. The van der Waals surface area contributed by atoms with Crippen molar-refractivity contribution >= 4 is 17.8 Å². The lowest BCUT2D eigenvalue weighted by Crippen LogP contribution is -2.19. The van der Waals surface area contributed by atoms with Crippen LogP contribution in [0, 0.1) is 0 Å². The number of hydrogen-bond acceptors (Lipinski definition) is 3. The average Bonchev–Trinajstić information content (AvgIpc) is 2.59. The number of aliphatic hydroxyl groups excluding tert-OH is 1. The van der Waals surface area contributed by atoms with Gasteiger partial charge in [0.25, 0.3) is 0 Å². The molecule has 2 rings (SSSR count). The van der Waals surface area contributed by atoms with E-state index in [2.05, 4.69) is 29.2 Å². The van der Waals surface area contributed by atoms with Crippen LogP contribution in [0.1, 0.15) is 11.1 Å². The fourth-order valence-electron chi connectivity index (χ4n) is 1.99. The molecule has 1 N–H and O–H groups in total. The van der Waals surface area contributed by atoms with Crippen LogP contribution < -0.4 is 9.64 Å². The Labute approximate surface area is 136 Å². The van der Waals surface area contributed by atoms with E-state index in [1.165, 1.54) is 5.69 Å². The number of benzene rings is 2. The van der Waals surface area contributed by atoms with Crippen molar-refractivity contribution in [3.05, 3.63) is 59.7 Å². The molecule has 23 heavy (non-hydrogen) atoms. The van der Waals surface area contributed by atoms with E-state index in [4.69, 9.17) is 9.84 Å². The highest BCUT2D eigenvalue weighted by atomic mass is 19.1. The maximum Gasteiger partial charge on any atom is 0.119 e. The Morgan fingerprint density at radius 2 is 1.52 bits per heavy atom.